The summed E-state index contributed by atoms with van der Waals surface area (Å²) in [7, 11) is 0. The normalized spacial score (nSPS) is 9.88. The van der Waals surface area contributed by atoms with Crippen LogP contribution in [-0.2, 0) is 4.79 Å². The Labute approximate surface area is 94.5 Å². The molecule has 0 atom stereocenters. The first-order chi connectivity index (χ1) is 7.54. The number of carboxylic acid groups (broad SMARTS) is 1. The van der Waals surface area contributed by atoms with Crippen LogP contribution in [0.2, 0.25) is 0 Å². The Morgan fingerprint density at radius 3 is 2.25 bits per heavy atom. The number of hydrogen-bond donors (Lipinski definition) is 1. The largest absolute Gasteiger partial charge is 0.480 e. The van der Waals surface area contributed by atoms with E-state index in [-0.39, 0.29) is 12.5 Å². The molecular formula is C12H15NO3. The molecule has 4 nitrogen and oxygen atoms in total. The fourth-order valence-corrected chi connectivity index (χ4v) is 1.37. The van der Waals surface area contributed by atoms with Crippen LogP contribution < -0.4 is 0 Å². The molecule has 4 heteroatoms. The van der Waals surface area contributed by atoms with Crippen LogP contribution in [0.25, 0.3) is 0 Å². The van der Waals surface area contributed by atoms with E-state index in [1.165, 1.54) is 4.90 Å². The highest BCUT2D eigenvalue weighted by atomic mass is 16.4. The van der Waals surface area contributed by atoms with Gasteiger partial charge in [-0.1, -0.05) is 17.7 Å². The average molecular weight is 221 g/mol. The highest BCUT2D eigenvalue weighted by Gasteiger charge is 2.16. The van der Waals surface area contributed by atoms with Crippen molar-refractivity contribution in [2.75, 3.05) is 13.1 Å². The zero-order chi connectivity index (χ0) is 12.1. The number of benzene rings is 1. The van der Waals surface area contributed by atoms with Gasteiger partial charge >= 0.3 is 5.97 Å². The Morgan fingerprint density at radius 1 is 1.25 bits per heavy atom. The second kappa shape index (κ2) is 5.30. The van der Waals surface area contributed by atoms with Gasteiger partial charge in [0.1, 0.15) is 6.54 Å². The van der Waals surface area contributed by atoms with Gasteiger partial charge in [-0.05, 0) is 26.0 Å². The van der Waals surface area contributed by atoms with Gasteiger partial charge in [-0.25, -0.2) is 0 Å². The van der Waals surface area contributed by atoms with E-state index in [0.717, 1.165) is 5.56 Å². The van der Waals surface area contributed by atoms with E-state index in [4.69, 9.17) is 5.11 Å². The minimum atomic E-state index is -0.998. The average Bonchev–Trinajstić information content (AvgIpc) is 2.25. The lowest BCUT2D eigenvalue weighted by Crippen LogP contribution is -2.35. The molecule has 1 N–H and O–H groups in total. The summed E-state index contributed by atoms with van der Waals surface area (Å²) in [6.45, 7) is 3.82. The number of rotatable bonds is 4. The molecule has 0 fully saturated rings. The smallest absolute Gasteiger partial charge is 0.323 e. The molecule has 0 aliphatic heterocycles. The van der Waals surface area contributed by atoms with Gasteiger partial charge in [0.2, 0.25) is 0 Å². The third-order valence-corrected chi connectivity index (χ3v) is 2.29. The Morgan fingerprint density at radius 2 is 1.81 bits per heavy atom. The molecule has 0 saturated heterocycles. The van der Waals surface area contributed by atoms with E-state index < -0.39 is 5.97 Å². The minimum Gasteiger partial charge on any atom is -0.480 e. The summed E-state index contributed by atoms with van der Waals surface area (Å²) in [4.78, 5) is 23.7. The Balaban J connectivity index is 2.82. The molecule has 16 heavy (non-hydrogen) atoms. The van der Waals surface area contributed by atoms with Crippen LogP contribution in [0, 0.1) is 6.92 Å². The van der Waals surface area contributed by atoms with Crippen molar-refractivity contribution in [3.63, 3.8) is 0 Å². The molecule has 1 amide bonds. The third-order valence-electron chi connectivity index (χ3n) is 2.29. The van der Waals surface area contributed by atoms with Crippen LogP contribution in [0.3, 0.4) is 0 Å². The molecule has 86 valence electrons. The molecule has 0 aliphatic carbocycles. The standard InChI is InChI=1S/C12H15NO3/c1-3-13(8-11(14)15)12(16)10-6-4-9(2)5-7-10/h4-7H,3,8H2,1-2H3,(H,14,15). The fraction of sp³-hybridized carbons (Fsp3) is 0.333. The number of aliphatic carboxylic acids is 1. The monoisotopic (exact) mass is 221 g/mol. The van der Waals surface area contributed by atoms with Gasteiger partial charge in [0.05, 0.1) is 0 Å². The number of likely N-dealkylation sites (N-methyl/N-ethyl adjacent to an activating group) is 1. The van der Waals surface area contributed by atoms with E-state index >= 15 is 0 Å². The highest BCUT2D eigenvalue weighted by molar-refractivity contribution is 5.95. The van der Waals surface area contributed by atoms with E-state index in [2.05, 4.69) is 0 Å². The topological polar surface area (TPSA) is 57.6 Å². The zero-order valence-electron chi connectivity index (χ0n) is 9.43. The van der Waals surface area contributed by atoms with Gasteiger partial charge in [-0.3, -0.25) is 9.59 Å². The molecule has 0 radical (unpaired) electrons. The van der Waals surface area contributed by atoms with Crippen molar-refractivity contribution in [3.05, 3.63) is 35.4 Å². The third kappa shape index (κ3) is 3.08. The number of nitrogens with zero attached hydrogens (tertiary/aromatic N) is 1. The number of amides is 1. The highest BCUT2D eigenvalue weighted by Crippen LogP contribution is 2.06. The molecule has 0 aliphatic rings. The molecule has 0 aromatic heterocycles. The lowest BCUT2D eigenvalue weighted by molar-refractivity contribution is -0.137. The van der Waals surface area contributed by atoms with Gasteiger partial charge in [0.15, 0.2) is 0 Å². The van der Waals surface area contributed by atoms with Gasteiger partial charge in [-0.15, -0.1) is 0 Å². The maximum atomic E-state index is 11.9. The summed E-state index contributed by atoms with van der Waals surface area (Å²) in [5.74, 6) is -1.24. The molecule has 0 unspecified atom stereocenters. The number of aryl methyl sites for hydroxylation is 1. The Bertz CT molecular complexity index is 384. The first kappa shape index (κ1) is 12.2. The molecule has 0 bridgehead atoms. The van der Waals surface area contributed by atoms with E-state index in [1.54, 1.807) is 19.1 Å². The molecule has 1 rings (SSSR count). The number of carbonyl (C=O) groups excluding carboxylic acids is 1. The summed E-state index contributed by atoms with van der Waals surface area (Å²) < 4.78 is 0. The molecule has 1 aromatic carbocycles. The van der Waals surface area contributed by atoms with Crippen LogP contribution >= 0.6 is 0 Å². The number of carbonyl (C=O) groups is 2. The molecule has 0 saturated carbocycles. The quantitative estimate of drug-likeness (QED) is 0.839. The first-order valence-corrected chi connectivity index (χ1v) is 5.12. The van der Waals surface area contributed by atoms with Crippen LogP contribution in [0.4, 0.5) is 0 Å². The van der Waals surface area contributed by atoms with Gasteiger partial charge in [0, 0.05) is 12.1 Å². The van der Waals surface area contributed by atoms with Crippen LogP contribution in [0.15, 0.2) is 24.3 Å². The maximum absolute atomic E-state index is 11.9. The van der Waals surface area contributed by atoms with E-state index in [1.807, 2.05) is 19.1 Å². The second-order valence-electron chi connectivity index (χ2n) is 3.58. The van der Waals surface area contributed by atoms with Gasteiger partial charge in [0.25, 0.3) is 5.91 Å². The minimum absolute atomic E-state index is 0.245. The molecule has 0 heterocycles. The van der Waals surface area contributed by atoms with E-state index in [9.17, 15) is 9.59 Å². The summed E-state index contributed by atoms with van der Waals surface area (Å²) >= 11 is 0. The number of carboxylic acids is 1. The first-order valence-electron chi connectivity index (χ1n) is 5.12. The lowest BCUT2D eigenvalue weighted by atomic mass is 10.1. The lowest BCUT2D eigenvalue weighted by Gasteiger charge is -2.18. The van der Waals surface area contributed by atoms with Crippen LogP contribution in [0.5, 0.6) is 0 Å². The Kier molecular flexibility index (Phi) is 4.05. The second-order valence-corrected chi connectivity index (χ2v) is 3.58. The van der Waals surface area contributed by atoms with Crippen molar-refractivity contribution in [2.24, 2.45) is 0 Å². The SMILES string of the molecule is CCN(CC(=O)O)C(=O)c1ccc(C)cc1. The van der Waals surface area contributed by atoms with Crippen molar-refractivity contribution >= 4 is 11.9 Å². The summed E-state index contributed by atoms with van der Waals surface area (Å²) in [5.41, 5.74) is 1.59. The Hall–Kier alpha value is -1.84. The summed E-state index contributed by atoms with van der Waals surface area (Å²) in [6, 6.07) is 7.09. The maximum Gasteiger partial charge on any atom is 0.323 e. The zero-order valence-corrected chi connectivity index (χ0v) is 9.43. The molecule has 1 aromatic rings. The van der Waals surface area contributed by atoms with Crippen molar-refractivity contribution in [1.29, 1.82) is 0 Å². The fourth-order valence-electron chi connectivity index (χ4n) is 1.37. The number of hydrogen-bond acceptors (Lipinski definition) is 2. The summed E-state index contributed by atoms with van der Waals surface area (Å²) in [5, 5.41) is 8.66. The predicted octanol–water partition coefficient (Wildman–Crippen LogP) is 1.54. The van der Waals surface area contributed by atoms with Gasteiger partial charge in [-0.2, -0.15) is 0 Å². The van der Waals surface area contributed by atoms with Crippen molar-refractivity contribution in [3.8, 4) is 0 Å². The summed E-state index contributed by atoms with van der Waals surface area (Å²) in [6.07, 6.45) is 0. The molecule has 0 spiro atoms. The van der Waals surface area contributed by atoms with Crippen molar-refractivity contribution in [1.82, 2.24) is 4.90 Å². The van der Waals surface area contributed by atoms with E-state index in [0.29, 0.717) is 12.1 Å². The van der Waals surface area contributed by atoms with Crippen molar-refractivity contribution < 1.29 is 14.7 Å². The van der Waals surface area contributed by atoms with Crippen molar-refractivity contribution in [2.45, 2.75) is 13.8 Å². The predicted molar refractivity (Wildman–Crippen MR) is 60.4 cm³/mol. The molecular weight excluding hydrogens is 206 g/mol. The van der Waals surface area contributed by atoms with Gasteiger partial charge < -0.3 is 10.0 Å². The van der Waals surface area contributed by atoms with Crippen LogP contribution in [-0.4, -0.2) is 35.0 Å². The van der Waals surface area contributed by atoms with Crippen LogP contribution in [0.1, 0.15) is 22.8 Å².